The molecule has 268 valence electrons. The van der Waals surface area contributed by atoms with Crippen molar-refractivity contribution in [2.24, 2.45) is 18.4 Å². The van der Waals surface area contributed by atoms with Crippen molar-refractivity contribution in [3.63, 3.8) is 0 Å². The average molecular weight is 741 g/mol. The number of pyridine rings is 1. The molecule has 2 amide bonds. The maximum Gasteiger partial charge on any atom is 0.402 e. The van der Waals surface area contributed by atoms with Gasteiger partial charge in [-0.05, 0) is 63.6 Å². The van der Waals surface area contributed by atoms with Gasteiger partial charge < -0.3 is 20.9 Å². The minimum absolute atomic E-state index is 0.00434. The molecule has 2 aliphatic rings. The highest BCUT2D eigenvalue weighted by Crippen LogP contribution is 2.40. The molecule has 0 radical (unpaired) electrons. The second kappa shape index (κ2) is 13.6. The summed E-state index contributed by atoms with van der Waals surface area (Å²) in [5.41, 5.74) is -1.62. The first-order valence-corrected chi connectivity index (χ1v) is 16.3. The molecule has 0 spiro atoms. The molecule has 1 aliphatic heterocycles. The Hall–Kier alpha value is -3.53. The Bertz CT molecular complexity index is 1740. The molecular formula is C31H34Cl2F7N7O2. The van der Waals surface area contributed by atoms with E-state index < -0.39 is 47.7 Å². The normalized spacial score (nSPS) is 20.5. The van der Waals surface area contributed by atoms with Crippen LogP contribution < -0.4 is 20.9 Å². The lowest BCUT2D eigenvalue weighted by Gasteiger charge is -2.30. The summed E-state index contributed by atoms with van der Waals surface area (Å²) >= 11 is 13.0. The van der Waals surface area contributed by atoms with Crippen molar-refractivity contribution in [3.05, 3.63) is 39.4 Å². The number of hydrogen-bond acceptors (Lipinski definition) is 6. The third-order valence-electron chi connectivity index (χ3n) is 9.15. The van der Waals surface area contributed by atoms with Crippen LogP contribution in [-0.2, 0) is 18.4 Å². The molecule has 1 aromatic carbocycles. The van der Waals surface area contributed by atoms with Crippen LogP contribution in [0.1, 0.15) is 61.9 Å². The summed E-state index contributed by atoms with van der Waals surface area (Å²) in [5.74, 6) is -2.88. The number of amides is 2. The van der Waals surface area contributed by atoms with Gasteiger partial charge in [-0.15, -0.1) is 0 Å². The Morgan fingerprint density at radius 1 is 1.00 bits per heavy atom. The Balaban J connectivity index is 1.41. The minimum Gasteiger partial charge on any atom is -0.353 e. The molecule has 3 heterocycles. The summed E-state index contributed by atoms with van der Waals surface area (Å²) in [6.45, 7) is 1.47. The van der Waals surface area contributed by atoms with Gasteiger partial charge >= 0.3 is 12.4 Å². The fourth-order valence-corrected chi connectivity index (χ4v) is 6.38. The summed E-state index contributed by atoms with van der Waals surface area (Å²) in [6, 6.07) is 3.89. The van der Waals surface area contributed by atoms with E-state index in [1.165, 1.54) is 22.8 Å². The Kier molecular flexibility index (Phi) is 10.2. The number of hydrogen-bond donors (Lipinski definition) is 3. The zero-order chi connectivity index (χ0) is 36.1. The van der Waals surface area contributed by atoms with Crippen LogP contribution in [0.25, 0.3) is 11.2 Å². The van der Waals surface area contributed by atoms with Crippen molar-refractivity contribution in [3.8, 4) is 0 Å². The number of aryl methyl sites for hydroxylation is 1. The Labute approximate surface area is 286 Å². The molecule has 9 nitrogen and oxygen atoms in total. The molecular weight excluding hydrogens is 706 g/mol. The van der Waals surface area contributed by atoms with Crippen LogP contribution in [0.5, 0.6) is 0 Å². The molecule has 3 aromatic rings. The molecule has 1 saturated carbocycles. The van der Waals surface area contributed by atoms with Crippen LogP contribution in [0.3, 0.4) is 0 Å². The third-order valence-corrected chi connectivity index (χ3v) is 9.90. The molecule has 1 saturated heterocycles. The maximum atomic E-state index is 14.3. The molecule has 1 unspecified atom stereocenters. The van der Waals surface area contributed by atoms with Crippen molar-refractivity contribution in [1.82, 2.24) is 25.2 Å². The van der Waals surface area contributed by atoms with E-state index in [1.807, 2.05) is 0 Å². The standard InChI is InChI=1S/C31H34Cl2F7N7O2/c1-29(2,31(38,39)40)27(49)41-13-15-4-9-20(32)23(22(15)33)44-28-43-21-12-19(24(45-25(21)46(28)3)47-11-10-17(34)14-47)26(48)42-18-7-5-16(6-8-18)30(35,36)37/h4,9,12,16-18H,5-8,10-11,13-14H2,1-3H3,(H,41,49)(H,42,48)(H,43,44)/t16-,17?,18-. The van der Waals surface area contributed by atoms with Crippen LogP contribution in [-0.4, -0.2) is 64.0 Å². The van der Waals surface area contributed by atoms with Crippen LogP contribution >= 0.6 is 23.2 Å². The monoisotopic (exact) mass is 739 g/mol. The van der Waals surface area contributed by atoms with E-state index >= 15 is 0 Å². The molecule has 1 atom stereocenters. The molecule has 2 aromatic heterocycles. The fraction of sp³-hybridized carbons (Fsp3) is 0.548. The van der Waals surface area contributed by atoms with Gasteiger partial charge in [0.25, 0.3) is 5.91 Å². The quantitative estimate of drug-likeness (QED) is 0.206. The van der Waals surface area contributed by atoms with E-state index in [4.69, 9.17) is 23.2 Å². The van der Waals surface area contributed by atoms with E-state index in [0.29, 0.717) is 5.65 Å². The SMILES string of the molecule is Cn1c(Nc2c(Cl)ccc(CNC(=O)C(C)(C)C(F)(F)F)c2Cl)nc2cc(C(=O)N[C@H]3CC[C@H](C(F)(F)F)CC3)c(N3CCC(F)C3)nc21. The van der Waals surface area contributed by atoms with Gasteiger partial charge in [-0.2, -0.15) is 26.3 Å². The predicted octanol–water partition coefficient (Wildman–Crippen LogP) is 7.62. The number of imidazole rings is 1. The zero-order valence-corrected chi connectivity index (χ0v) is 28.1. The van der Waals surface area contributed by atoms with Crippen molar-refractivity contribution < 1.29 is 40.3 Å². The van der Waals surface area contributed by atoms with Crippen LogP contribution in [0.4, 0.5) is 48.2 Å². The number of halogens is 9. The summed E-state index contributed by atoms with van der Waals surface area (Å²) in [6.07, 6.45) is -9.89. The lowest BCUT2D eigenvalue weighted by Crippen LogP contribution is -2.46. The first-order valence-electron chi connectivity index (χ1n) is 15.5. The smallest absolute Gasteiger partial charge is 0.353 e. The number of benzene rings is 1. The number of nitrogens with one attached hydrogen (secondary N) is 3. The van der Waals surface area contributed by atoms with Gasteiger partial charge in [0.1, 0.15) is 22.9 Å². The molecule has 3 N–H and O–H groups in total. The van der Waals surface area contributed by atoms with Crippen molar-refractivity contribution in [2.75, 3.05) is 23.3 Å². The Morgan fingerprint density at radius 2 is 1.67 bits per heavy atom. The van der Waals surface area contributed by atoms with Crippen LogP contribution in [0.15, 0.2) is 18.2 Å². The molecule has 18 heteroatoms. The summed E-state index contributed by atoms with van der Waals surface area (Å²) in [7, 11) is 1.61. The minimum atomic E-state index is -4.78. The number of carbonyl (C=O) groups is 2. The highest BCUT2D eigenvalue weighted by atomic mass is 35.5. The maximum absolute atomic E-state index is 14.3. The number of fused-ring (bicyclic) bond motifs is 1. The van der Waals surface area contributed by atoms with Gasteiger partial charge in [0.15, 0.2) is 5.65 Å². The topological polar surface area (TPSA) is 104 Å². The average Bonchev–Trinajstić information content (AvgIpc) is 3.59. The van der Waals surface area contributed by atoms with Gasteiger partial charge in [-0.1, -0.05) is 29.3 Å². The second-order valence-corrected chi connectivity index (χ2v) is 13.7. The third kappa shape index (κ3) is 7.64. The lowest BCUT2D eigenvalue weighted by atomic mass is 9.85. The number of rotatable bonds is 8. The van der Waals surface area contributed by atoms with Gasteiger partial charge in [-0.25, -0.2) is 14.4 Å². The first-order chi connectivity index (χ1) is 22.8. The highest BCUT2D eigenvalue weighted by Gasteiger charge is 2.52. The van der Waals surface area contributed by atoms with E-state index in [-0.39, 0.29) is 95.9 Å². The van der Waals surface area contributed by atoms with Crippen LogP contribution in [0, 0.1) is 11.3 Å². The first kappa shape index (κ1) is 36.7. The summed E-state index contributed by atoms with van der Waals surface area (Å²) < 4.78 is 95.3. The zero-order valence-electron chi connectivity index (χ0n) is 26.6. The molecule has 5 rings (SSSR count). The molecule has 1 aliphatic carbocycles. The Morgan fingerprint density at radius 3 is 2.27 bits per heavy atom. The van der Waals surface area contributed by atoms with Crippen molar-refractivity contribution in [1.29, 1.82) is 0 Å². The van der Waals surface area contributed by atoms with Gasteiger partial charge in [-0.3, -0.25) is 14.2 Å². The van der Waals surface area contributed by atoms with Crippen molar-refractivity contribution in [2.45, 2.75) is 77.1 Å². The van der Waals surface area contributed by atoms with E-state index in [2.05, 4.69) is 25.9 Å². The number of alkyl halides is 7. The molecule has 0 bridgehead atoms. The van der Waals surface area contributed by atoms with Gasteiger partial charge in [0, 0.05) is 26.2 Å². The summed E-state index contributed by atoms with van der Waals surface area (Å²) in [4.78, 5) is 36.7. The number of aromatic nitrogens is 3. The molecule has 49 heavy (non-hydrogen) atoms. The van der Waals surface area contributed by atoms with E-state index in [9.17, 15) is 40.3 Å². The second-order valence-electron chi connectivity index (χ2n) is 12.9. The fourth-order valence-electron chi connectivity index (χ4n) is 5.84. The predicted molar refractivity (Wildman–Crippen MR) is 171 cm³/mol. The lowest BCUT2D eigenvalue weighted by molar-refractivity contribution is -0.211. The number of anilines is 3. The van der Waals surface area contributed by atoms with E-state index in [0.717, 1.165) is 13.8 Å². The van der Waals surface area contributed by atoms with E-state index in [1.54, 1.807) is 11.9 Å². The summed E-state index contributed by atoms with van der Waals surface area (Å²) in [5, 5.41) is 8.21. The molecule has 2 fully saturated rings. The largest absolute Gasteiger partial charge is 0.402 e. The number of nitrogens with zero attached hydrogens (tertiary/aromatic N) is 4. The van der Waals surface area contributed by atoms with Gasteiger partial charge in [0.2, 0.25) is 11.9 Å². The van der Waals surface area contributed by atoms with Gasteiger partial charge in [0.05, 0.1) is 33.8 Å². The number of carbonyl (C=O) groups excluding carboxylic acids is 2. The highest BCUT2D eigenvalue weighted by molar-refractivity contribution is 6.39. The van der Waals surface area contributed by atoms with Crippen LogP contribution in [0.2, 0.25) is 10.0 Å². The van der Waals surface area contributed by atoms with Crippen molar-refractivity contribution >= 4 is 63.6 Å².